The molecule has 2 atom stereocenters. The number of nitrogens with zero attached hydrogens (tertiary/aromatic N) is 2. The van der Waals surface area contributed by atoms with Crippen molar-refractivity contribution in [2.75, 3.05) is 26.2 Å². The van der Waals surface area contributed by atoms with Crippen molar-refractivity contribution < 1.29 is 14.0 Å². The van der Waals surface area contributed by atoms with Crippen molar-refractivity contribution >= 4 is 11.8 Å². The van der Waals surface area contributed by atoms with E-state index >= 15 is 0 Å². The van der Waals surface area contributed by atoms with Crippen molar-refractivity contribution in [1.29, 1.82) is 0 Å². The molecule has 2 fully saturated rings. The van der Waals surface area contributed by atoms with E-state index in [2.05, 4.69) is 12.1 Å². The van der Waals surface area contributed by atoms with Gasteiger partial charge in [-0.3, -0.25) is 9.59 Å². The molecule has 0 radical (unpaired) electrons. The molecule has 1 aliphatic carbocycles. The zero-order chi connectivity index (χ0) is 20.2. The van der Waals surface area contributed by atoms with E-state index in [1.54, 1.807) is 12.1 Å². The summed E-state index contributed by atoms with van der Waals surface area (Å²) in [4.78, 5) is 29.0. The van der Waals surface area contributed by atoms with Gasteiger partial charge in [-0.1, -0.05) is 42.5 Å². The normalized spacial score (nSPS) is 21.1. The van der Waals surface area contributed by atoms with Gasteiger partial charge < -0.3 is 9.80 Å². The Morgan fingerprint density at radius 3 is 2.24 bits per heavy atom. The summed E-state index contributed by atoms with van der Waals surface area (Å²) >= 11 is 0. The minimum atomic E-state index is -0.248. The predicted octanol–water partition coefficient (Wildman–Crippen LogP) is 3.62. The molecule has 2 aromatic rings. The lowest BCUT2D eigenvalue weighted by atomic mass is 10.1. The van der Waals surface area contributed by atoms with Gasteiger partial charge in [0.2, 0.25) is 11.8 Å². The van der Waals surface area contributed by atoms with E-state index in [1.165, 1.54) is 17.7 Å². The lowest BCUT2D eigenvalue weighted by Crippen LogP contribution is -2.51. The molecular weight excluding hydrogens is 367 g/mol. The van der Waals surface area contributed by atoms with Crippen LogP contribution in [0.15, 0.2) is 54.6 Å². The highest BCUT2D eigenvalue weighted by Gasteiger charge is 2.46. The number of rotatable bonds is 6. The highest BCUT2D eigenvalue weighted by molar-refractivity contribution is 5.83. The van der Waals surface area contributed by atoms with E-state index in [0.717, 1.165) is 24.8 Å². The number of carbonyl (C=O) groups is 2. The Kier molecular flexibility index (Phi) is 5.93. The Morgan fingerprint density at radius 2 is 1.55 bits per heavy atom. The fourth-order valence-electron chi connectivity index (χ4n) is 4.20. The smallest absolute Gasteiger partial charge is 0.226 e. The van der Waals surface area contributed by atoms with Crippen LogP contribution in [0.5, 0.6) is 0 Å². The molecule has 152 valence electrons. The zero-order valence-electron chi connectivity index (χ0n) is 16.6. The fraction of sp³-hybridized carbons (Fsp3) is 0.417. The van der Waals surface area contributed by atoms with Crippen LogP contribution in [-0.4, -0.2) is 47.8 Å². The van der Waals surface area contributed by atoms with E-state index in [-0.39, 0.29) is 29.5 Å². The van der Waals surface area contributed by atoms with Gasteiger partial charge in [0.15, 0.2) is 0 Å². The van der Waals surface area contributed by atoms with Crippen LogP contribution in [0, 0.1) is 11.7 Å². The zero-order valence-corrected chi connectivity index (χ0v) is 16.6. The van der Waals surface area contributed by atoms with Gasteiger partial charge in [-0.15, -0.1) is 0 Å². The number of benzene rings is 2. The summed E-state index contributed by atoms with van der Waals surface area (Å²) in [6.07, 6.45) is 3.15. The SMILES string of the molecule is O=C(CCCc1ccccc1)N1CCN(C(=O)C2CC2c2ccc(F)cc2)CC1. The van der Waals surface area contributed by atoms with Crippen LogP contribution in [0.25, 0.3) is 0 Å². The van der Waals surface area contributed by atoms with Crippen LogP contribution in [-0.2, 0) is 16.0 Å². The third-order valence-corrected chi connectivity index (χ3v) is 6.05. The fourth-order valence-corrected chi connectivity index (χ4v) is 4.20. The van der Waals surface area contributed by atoms with Gasteiger partial charge in [0, 0.05) is 38.5 Å². The monoisotopic (exact) mass is 394 g/mol. The lowest BCUT2D eigenvalue weighted by Gasteiger charge is -2.35. The number of piperazine rings is 1. The van der Waals surface area contributed by atoms with Gasteiger partial charge in [0.1, 0.15) is 5.82 Å². The third kappa shape index (κ3) is 4.84. The minimum absolute atomic E-state index is 0.00795. The van der Waals surface area contributed by atoms with Crippen molar-refractivity contribution in [3.63, 3.8) is 0 Å². The van der Waals surface area contributed by atoms with E-state index < -0.39 is 0 Å². The van der Waals surface area contributed by atoms with Crippen molar-refractivity contribution in [2.45, 2.75) is 31.6 Å². The third-order valence-electron chi connectivity index (χ3n) is 6.05. The molecule has 1 saturated heterocycles. The Labute approximate surface area is 171 Å². The van der Waals surface area contributed by atoms with Gasteiger partial charge in [-0.2, -0.15) is 0 Å². The summed E-state index contributed by atoms with van der Waals surface area (Å²) in [7, 11) is 0. The van der Waals surface area contributed by atoms with E-state index in [9.17, 15) is 14.0 Å². The van der Waals surface area contributed by atoms with Crippen LogP contribution in [0.3, 0.4) is 0 Å². The second-order valence-corrected chi connectivity index (χ2v) is 8.05. The van der Waals surface area contributed by atoms with Gasteiger partial charge in [0.25, 0.3) is 0 Å². The number of carbonyl (C=O) groups excluding carboxylic acids is 2. The highest BCUT2D eigenvalue weighted by Crippen LogP contribution is 2.48. The molecule has 29 heavy (non-hydrogen) atoms. The number of amides is 2. The lowest BCUT2D eigenvalue weighted by molar-refractivity contribution is -0.140. The van der Waals surface area contributed by atoms with Crippen molar-refractivity contribution in [2.24, 2.45) is 5.92 Å². The van der Waals surface area contributed by atoms with Crippen molar-refractivity contribution in [1.82, 2.24) is 9.80 Å². The topological polar surface area (TPSA) is 40.6 Å². The maximum absolute atomic E-state index is 13.1. The number of halogens is 1. The standard InChI is InChI=1S/C24H27FN2O2/c25-20-11-9-19(10-12-20)21-17-22(21)24(29)27-15-13-26(14-16-27)23(28)8-4-7-18-5-2-1-3-6-18/h1-3,5-6,9-12,21-22H,4,7-8,13-17H2. The molecule has 0 N–H and O–H groups in total. The maximum atomic E-state index is 13.1. The Bertz CT molecular complexity index is 845. The Hall–Kier alpha value is -2.69. The minimum Gasteiger partial charge on any atom is -0.339 e. The van der Waals surface area contributed by atoms with Crippen LogP contribution in [0.1, 0.15) is 36.3 Å². The molecule has 1 heterocycles. The molecule has 0 spiro atoms. The Morgan fingerprint density at radius 1 is 0.897 bits per heavy atom. The van der Waals surface area contributed by atoms with E-state index in [0.29, 0.717) is 32.6 Å². The first kappa shape index (κ1) is 19.6. The quantitative estimate of drug-likeness (QED) is 0.751. The summed E-state index contributed by atoms with van der Waals surface area (Å²) in [6.45, 7) is 2.44. The van der Waals surface area contributed by atoms with Gasteiger partial charge in [-0.25, -0.2) is 4.39 Å². The molecule has 0 bridgehead atoms. The molecule has 0 aromatic heterocycles. The van der Waals surface area contributed by atoms with Crippen LogP contribution < -0.4 is 0 Å². The number of hydrogen-bond acceptors (Lipinski definition) is 2. The Balaban J connectivity index is 1.19. The molecule has 2 aliphatic rings. The molecule has 2 unspecified atom stereocenters. The van der Waals surface area contributed by atoms with Crippen LogP contribution in [0.4, 0.5) is 4.39 Å². The first-order valence-electron chi connectivity index (χ1n) is 10.5. The van der Waals surface area contributed by atoms with Crippen molar-refractivity contribution in [3.8, 4) is 0 Å². The molecular formula is C24H27FN2O2. The van der Waals surface area contributed by atoms with Gasteiger partial charge in [0.05, 0.1) is 0 Å². The first-order valence-corrected chi connectivity index (χ1v) is 10.5. The average Bonchev–Trinajstić information content (AvgIpc) is 3.55. The molecule has 1 saturated carbocycles. The molecule has 2 aromatic carbocycles. The molecule has 4 nitrogen and oxygen atoms in total. The van der Waals surface area contributed by atoms with E-state index in [1.807, 2.05) is 28.0 Å². The summed E-state index contributed by atoms with van der Waals surface area (Å²) in [5.41, 5.74) is 2.30. The summed E-state index contributed by atoms with van der Waals surface area (Å²) in [5.74, 6) is 0.329. The van der Waals surface area contributed by atoms with E-state index in [4.69, 9.17) is 0 Å². The average molecular weight is 394 g/mol. The molecule has 5 heteroatoms. The number of aryl methyl sites for hydroxylation is 1. The van der Waals surface area contributed by atoms with Crippen LogP contribution >= 0.6 is 0 Å². The van der Waals surface area contributed by atoms with Gasteiger partial charge >= 0.3 is 0 Å². The highest BCUT2D eigenvalue weighted by atomic mass is 19.1. The predicted molar refractivity (Wildman–Crippen MR) is 110 cm³/mol. The first-order chi connectivity index (χ1) is 14.1. The summed E-state index contributed by atoms with van der Waals surface area (Å²) < 4.78 is 13.1. The van der Waals surface area contributed by atoms with Crippen molar-refractivity contribution in [3.05, 3.63) is 71.5 Å². The summed E-state index contributed by atoms with van der Waals surface area (Å²) in [5, 5.41) is 0. The number of hydrogen-bond donors (Lipinski definition) is 0. The van der Waals surface area contributed by atoms with Gasteiger partial charge in [-0.05, 0) is 48.4 Å². The summed E-state index contributed by atoms with van der Waals surface area (Å²) in [6, 6.07) is 16.7. The van der Waals surface area contributed by atoms with Crippen LogP contribution in [0.2, 0.25) is 0 Å². The molecule has 2 amide bonds. The molecule has 1 aliphatic heterocycles. The largest absolute Gasteiger partial charge is 0.339 e. The second kappa shape index (κ2) is 8.76. The molecule has 4 rings (SSSR count). The second-order valence-electron chi connectivity index (χ2n) is 8.05. The maximum Gasteiger partial charge on any atom is 0.226 e.